The minimum Gasteiger partial charge on any atom is -0.356 e. The summed E-state index contributed by atoms with van der Waals surface area (Å²) in [6, 6.07) is 6.14. The number of anilines is 1. The molecule has 13 heteroatoms. The van der Waals surface area contributed by atoms with Gasteiger partial charge < -0.3 is 4.90 Å². The van der Waals surface area contributed by atoms with Gasteiger partial charge in [-0.05, 0) is 30.7 Å². The van der Waals surface area contributed by atoms with E-state index in [4.69, 9.17) is 0 Å². The van der Waals surface area contributed by atoms with E-state index >= 15 is 0 Å². The molecule has 2 unspecified atom stereocenters. The molecule has 0 aliphatic carbocycles. The third-order valence-electron chi connectivity index (χ3n) is 6.18. The van der Waals surface area contributed by atoms with Crippen LogP contribution in [0.25, 0.3) is 16.9 Å². The number of piperidine rings is 1. The highest BCUT2D eigenvalue weighted by atomic mass is 32.2. The number of hydrogen-bond donors (Lipinski definition) is 1. The van der Waals surface area contributed by atoms with Crippen molar-refractivity contribution >= 4 is 21.5 Å². The Labute approximate surface area is 200 Å². The van der Waals surface area contributed by atoms with Crippen molar-refractivity contribution in [3.05, 3.63) is 41.9 Å². The van der Waals surface area contributed by atoms with E-state index in [-0.39, 0.29) is 13.1 Å². The standard InChI is InChI=1S/C22H26F4N6O2S/c1-4-16-7-14(18-10-27-19-6-5-17(21(23)24)30-32(18)19)8-20(29-16)31-11-13(2)22(25,26)15(12-31)9-28-35(3,33)34/h5-8,10,13,15,21,28H,4,9,11-12H2,1-3H3. The number of rotatable bonds is 7. The Kier molecular flexibility index (Phi) is 6.75. The topological polar surface area (TPSA) is 92.5 Å². The summed E-state index contributed by atoms with van der Waals surface area (Å²) in [6.45, 7) is 2.82. The number of nitrogens with one attached hydrogen (secondary N) is 1. The van der Waals surface area contributed by atoms with Crippen molar-refractivity contribution in [3.63, 3.8) is 0 Å². The second-order valence-corrected chi connectivity index (χ2v) is 10.7. The number of aryl methyl sites for hydroxylation is 1. The first-order valence-electron chi connectivity index (χ1n) is 11.1. The summed E-state index contributed by atoms with van der Waals surface area (Å²) in [5.74, 6) is -4.95. The van der Waals surface area contributed by atoms with Gasteiger partial charge in [0.25, 0.3) is 12.3 Å². The van der Waals surface area contributed by atoms with E-state index in [1.165, 1.54) is 29.8 Å². The minimum atomic E-state index is -3.64. The summed E-state index contributed by atoms with van der Waals surface area (Å²) in [7, 11) is -3.64. The molecule has 8 nitrogen and oxygen atoms in total. The zero-order valence-corrected chi connectivity index (χ0v) is 20.2. The van der Waals surface area contributed by atoms with Crippen LogP contribution in [0.5, 0.6) is 0 Å². The number of halogens is 4. The molecule has 0 radical (unpaired) electrons. The van der Waals surface area contributed by atoms with Gasteiger partial charge in [-0.15, -0.1) is 0 Å². The summed E-state index contributed by atoms with van der Waals surface area (Å²) in [5.41, 5.74) is 1.74. The molecule has 0 aromatic carbocycles. The first-order valence-corrected chi connectivity index (χ1v) is 13.0. The fourth-order valence-electron chi connectivity index (χ4n) is 4.22. The maximum absolute atomic E-state index is 14.9. The molecule has 1 saturated heterocycles. The van der Waals surface area contributed by atoms with Crippen LogP contribution in [0.2, 0.25) is 0 Å². The number of imidazole rings is 1. The van der Waals surface area contributed by atoms with E-state index in [1.54, 1.807) is 17.0 Å². The molecule has 2 atom stereocenters. The number of nitrogens with zero attached hydrogens (tertiary/aromatic N) is 5. The van der Waals surface area contributed by atoms with Gasteiger partial charge in [0.05, 0.1) is 24.1 Å². The van der Waals surface area contributed by atoms with Crippen LogP contribution in [-0.4, -0.2) is 59.8 Å². The molecule has 0 amide bonds. The van der Waals surface area contributed by atoms with E-state index < -0.39 is 46.4 Å². The van der Waals surface area contributed by atoms with E-state index in [9.17, 15) is 26.0 Å². The lowest BCUT2D eigenvalue weighted by atomic mass is 9.86. The third kappa shape index (κ3) is 5.25. The van der Waals surface area contributed by atoms with Crippen LogP contribution in [0, 0.1) is 11.8 Å². The molecule has 0 spiro atoms. The molecule has 3 aromatic heterocycles. The monoisotopic (exact) mass is 514 g/mol. The second-order valence-electron chi connectivity index (χ2n) is 8.83. The fourth-order valence-corrected chi connectivity index (χ4v) is 4.72. The number of hydrogen-bond acceptors (Lipinski definition) is 6. The van der Waals surface area contributed by atoms with Crippen LogP contribution in [0.1, 0.15) is 31.7 Å². The van der Waals surface area contributed by atoms with Gasteiger partial charge in [-0.2, -0.15) is 5.10 Å². The Bertz CT molecular complexity index is 1330. The number of fused-ring (bicyclic) bond motifs is 1. The van der Waals surface area contributed by atoms with Gasteiger partial charge in [0, 0.05) is 36.8 Å². The fraction of sp³-hybridized carbons (Fsp3) is 0.500. The average Bonchev–Trinajstić information content (AvgIpc) is 3.22. The van der Waals surface area contributed by atoms with E-state index in [0.29, 0.717) is 34.8 Å². The van der Waals surface area contributed by atoms with Crippen LogP contribution in [0.15, 0.2) is 30.5 Å². The predicted molar refractivity (Wildman–Crippen MR) is 123 cm³/mol. The molecule has 3 aromatic rings. The summed E-state index contributed by atoms with van der Waals surface area (Å²) < 4.78 is 82.7. The highest BCUT2D eigenvalue weighted by Crippen LogP contribution is 2.39. The van der Waals surface area contributed by atoms with Gasteiger partial charge in [0.15, 0.2) is 5.65 Å². The molecule has 1 aliphatic heterocycles. The van der Waals surface area contributed by atoms with Gasteiger partial charge in [0.2, 0.25) is 10.0 Å². The first kappa shape index (κ1) is 25.3. The van der Waals surface area contributed by atoms with Crippen LogP contribution in [0.3, 0.4) is 0 Å². The van der Waals surface area contributed by atoms with Crippen molar-refractivity contribution in [1.29, 1.82) is 0 Å². The van der Waals surface area contributed by atoms with Crippen molar-refractivity contribution in [1.82, 2.24) is 24.3 Å². The highest BCUT2D eigenvalue weighted by Gasteiger charge is 2.49. The first-order chi connectivity index (χ1) is 16.4. The Hall–Kier alpha value is -2.80. The molecule has 190 valence electrons. The van der Waals surface area contributed by atoms with Crippen LogP contribution in [-0.2, 0) is 16.4 Å². The average molecular weight is 515 g/mol. The quantitative estimate of drug-likeness (QED) is 0.485. The Balaban J connectivity index is 1.72. The third-order valence-corrected chi connectivity index (χ3v) is 6.87. The van der Waals surface area contributed by atoms with Gasteiger partial charge in [-0.1, -0.05) is 13.8 Å². The molecule has 4 rings (SSSR count). The van der Waals surface area contributed by atoms with E-state index in [1.807, 2.05) is 6.92 Å². The van der Waals surface area contributed by atoms with Crippen LogP contribution >= 0.6 is 0 Å². The smallest absolute Gasteiger partial charge is 0.282 e. The predicted octanol–water partition coefficient (Wildman–Crippen LogP) is 3.55. The van der Waals surface area contributed by atoms with Crippen molar-refractivity contribution in [2.45, 2.75) is 32.6 Å². The maximum atomic E-state index is 14.9. The van der Waals surface area contributed by atoms with Crippen molar-refractivity contribution in [3.8, 4) is 11.3 Å². The van der Waals surface area contributed by atoms with Crippen LogP contribution < -0.4 is 9.62 Å². The Morgan fingerprint density at radius 1 is 1.23 bits per heavy atom. The molecule has 35 heavy (non-hydrogen) atoms. The van der Waals surface area contributed by atoms with Gasteiger partial charge in [-0.25, -0.2) is 45.2 Å². The summed E-state index contributed by atoms with van der Waals surface area (Å²) >= 11 is 0. The molecule has 1 N–H and O–H groups in total. The van der Waals surface area contributed by atoms with Gasteiger partial charge in [0.1, 0.15) is 11.5 Å². The van der Waals surface area contributed by atoms with Crippen molar-refractivity contribution in [2.24, 2.45) is 11.8 Å². The molecule has 1 aliphatic rings. The van der Waals surface area contributed by atoms with Gasteiger partial charge >= 0.3 is 0 Å². The largest absolute Gasteiger partial charge is 0.356 e. The highest BCUT2D eigenvalue weighted by molar-refractivity contribution is 7.88. The number of aromatic nitrogens is 4. The lowest BCUT2D eigenvalue weighted by Crippen LogP contribution is -2.56. The second kappa shape index (κ2) is 9.34. The number of sulfonamides is 1. The molecule has 1 fully saturated rings. The summed E-state index contributed by atoms with van der Waals surface area (Å²) in [4.78, 5) is 10.6. The minimum absolute atomic E-state index is 0.0168. The molecule has 0 saturated carbocycles. The molecular weight excluding hydrogens is 488 g/mol. The zero-order chi connectivity index (χ0) is 25.5. The Morgan fingerprint density at radius 3 is 2.63 bits per heavy atom. The van der Waals surface area contributed by atoms with Gasteiger partial charge in [-0.3, -0.25) is 0 Å². The van der Waals surface area contributed by atoms with E-state index in [0.717, 1.165) is 6.26 Å². The molecule has 0 bridgehead atoms. The lowest BCUT2D eigenvalue weighted by molar-refractivity contribution is -0.108. The number of alkyl halides is 4. The van der Waals surface area contributed by atoms with E-state index in [2.05, 4.69) is 19.8 Å². The van der Waals surface area contributed by atoms with Crippen LogP contribution in [0.4, 0.5) is 23.4 Å². The maximum Gasteiger partial charge on any atom is 0.282 e. The Morgan fingerprint density at radius 2 is 1.97 bits per heavy atom. The molecule has 4 heterocycles. The van der Waals surface area contributed by atoms with Crippen molar-refractivity contribution < 1.29 is 26.0 Å². The summed E-state index contributed by atoms with van der Waals surface area (Å²) in [6.07, 6.45) is 0.244. The number of pyridine rings is 1. The normalized spacial score (nSPS) is 20.6. The summed E-state index contributed by atoms with van der Waals surface area (Å²) in [5, 5.41) is 4.01. The molecular formula is C22H26F4N6O2S. The SMILES string of the molecule is CCc1cc(-c2cnc3ccc(C(F)F)nn23)cc(N2CC(C)C(F)(F)C(CNS(C)(=O)=O)C2)n1. The van der Waals surface area contributed by atoms with Crippen molar-refractivity contribution in [2.75, 3.05) is 30.8 Å². The lowest BCUT2D eigenvalue weighted by Gasteiger charge is -2.43. The zero-order valence-electron chi connectivity index (χ0n) is 19.4.